The first-order chi connectivity index (χ1) is 16.4. The average molecular weight is 467 g/mol. The number of nitrogens with one attached hydrogen (secondary N) is 2. The van der Waals surface area contributed by atoms with Crippen LogP contribution in [0.25, 0.3) is 11.1 Å². The molecule has 1 aliphatic carbocycles. The van der Waals surface area contributed by atoms with Crippen molar-refractivity contribution in [3.05, 3.63) is 59.7 Å². The number of carbonyl (C=O) groups excluding carboxylic acids is 3. The van der Waals surface area contributed by atoms with E-state index in [0.717, 1.165) is 27.3 Å². The Morgan fingerprint density at radius 1 is 1.12 bits per heavy atom. The molecule has 10 heteroatoms. The van der Waals surface area contributed by atoms with Gasteiger partial charge in [-0.25, -0.2) is 14.6 Å². The quantitative estimate of drug-likeness (QED) is 0.537. The van der Waals surface area contributed by atoms with Crippen LogP contribution in [-0.2, 0) is 23.9 Å². The van der Waals surface area contributed by atoms with E-state index in [2.05, 4.69) is 10.7 Å². The number of benzene rings is 2. The second kappa shape index (κ2) is 9.92. The number of hydrazine groups is 1. The zero-order valence-corrected chi connectivity index (χ0v) is 18.5. The van der Waals surface area contributed by atoms with Gasteiger partial charge in [0.25, 0.3) is 5.91 Å². The van der Waals surface area contributed by atoms with Gasteiger partial charge < -0.3 is 19.9 Å². The number of ether oxygens (including phenoxy) is 2. The summed E-state index contributed by atoms with van der Waals surface area (Å²) in [6.45, 7) is 0.183. The topological polar surface area (TPSA) is 134 Å². The number of carbonyl (C=O) groups is 4. The second-order valence-electron chi connectivity index (χ2n) is 8.11. The van der Waals surface area contributed by atoms with Gasteiger partial charge in [-0.05, 0) is 22.3 Å². The first-order valence-electron chi connectivity index (χ1n) is 10.9. The molecule has 1 heterocycles. The summed E-state index contributed by atoms with van der Waals surface area (Å²) in [5.74, 6) is -2.82. The van der Waals surface area contributed by atoms with E-state index in [-0.39, 0.29) is 32.0 Å². The fourth-order valence-electron chi connectivity index (χ4n) is 4.37. The Balaban J connectivity index is 1.44. The molecule has 4 rings (SSSR count). The number of alkyl carbamates (subject to hydrolysis) is 1. The minimum atomic E-state index is -1.35. The van der Waals surface area contributed by atoms with Gasteiger partial charge in [-0.1, -0.05) is 48.5 Å². The minimum absolute atomic E-state index is 0.0588. The number of hydrogen-bond donors (Lipinski definition) is 3. The lowest BCUT2D eigenvalue weighted by atomic mass is 9.98. The predicted molar refractivity (Wildman–Crippen MR) is 120 cm³/mol. The monoisotopic (exact) mass is 467 g/mol. The van der Waals surface area contributed by atoms with E-state index in [1.807, 2.05) is 48.5 Å². The molecule has 2 atom stereocenters. The molecule has 3 amide bonds. The van der Waals surface area contributed by atoms with Gasteiger partial charge in [0.05, 0.1) is 6.42 Å². The molecule has 34 heavy (non-hydrogen) atoms. The number of fused-ring (bicyclic) bond motifs is 3. The molecular weight excluding hydrogens is 442 g/mol. The average Bonchev–Trinajstić information content (AvgIpc) is 3.38. The van der Waals surface area contributed by atoms with Gasteiger partial charge in [0.1, 0.15) is 12.6 Å². The molecule has 0 saturated carbocycles. The van der Waals surface area contributed by atoms with E-state index in [4.69, 9.17) is 9.47 Å². The van der Waals surface area contributed by atoms with E-state index < -0.39 is 36.0 Å². The van der Waals surface area contributed by atoms with Gasteiger partial charge in [0, 0.05) is 26.1 Å². The smallest absolute Gasteiger partial charge is 0.407 e. The van der Waals surface area contributed by atoms with Crippen molar-refractivity contribution in [1.82, 2.24) is 15.8 Å². The third-order valence-electron chi connectivity index (χ3n) is 6.00. The lowest BCUT2D eigenvalue weighted by molar-refractivity contribution is -0.151. The van der Waals surface area contributed by atoms with Crippen LogP contribution in [0, 0.1) is 0 Å². The van der Waals surface area contributed by atoms with Crippen LogP contribution >= 0.6 is 0 Å². The standard InChI is InChI=1S/C24H25N3O7/c1-33-11-10-19(22(29)27-20(23(30)31)12-21(28)26-27)25-24(32)34-13-18-16-8-4-2-6-14(16)15-7-3-5-9-17(15)18/h2-9,18-20H,10-13H2,1H3,(H,25,32)(H,26,28)(H,30,31). The fraction of sp³-hybridized carbons (Fsp3) is 0.333. The first-order valence-corrected chi connectivity index (χ1v) is 10.9. The molecule has 178 valence electrons. The fourth-order valence-corrected chi connectivity index (χ4v) is 4.37. The lowest BCUT2D eigenvalue weighted by Gasteiger charge is -2.26. The molecule has 2 unspecified atom stereocenters. The van der Waals surface area contributed by atoms with Crippen LogP contribution in [0.2, 0.25) is 0 Å². The van der Waals surface area contributed by atoms with Crippen LogP contribution in [0.4, 0.5) is 4.79 Å². The molecule has 10 nitrogen and oxygen atoms in total. The van der Waals surface area contributed by atoms with E-state index in [1.165, 1.54) is 7.11 Å². The molecule has 1 saturated heterocycles. The minimum Gasteiger partial charge on any atom is -0.480 e. The normalized spacial score (nSPS) is 17.5. The summed E-state index contributed by atoms with van der Waals surface area (Å²) in [6.07, 6.45) is -1.12. The van der Waals surface area contributed by atoms with Gasteiger partial charge in [0.15, 0.2) is 6.04 Å². The maximum Gasteiger partial charge on any atom is 0.407 e. The SMILES string of the molecule is COCCC(NC(=O)OCC1c2ccccc2-c2ccccc21)C(=O)N1NC(=O)CC1C(=O)O. The lowest BCUT2D eigenvalue weighted by Crippen LogP contribution is -2.55. The summed E-state index contributed by atoms with van der Waals surface area (Å²) < 4.78 is 10.5. The van der Waals surface area contributed by atoms with Crippen molar-refractivity contribution < 1.29 is 33.8 Å². The molecule has 0 bridgehead atoms. The highest BCUT2D eigenvalue weighted by Crippen LogP contribution is 2.44. The largest absolute Gasteiger partial charge is 0.480 e. The third kappa shape index (κ3) is 4.58. The Bertz CT molecular complexity index is 1070. The van der Waals surface area contributed by atoms with Crippen molar-refractivity contribution in [3.8, 4) is 11.1 Å². The number of methoxy groups -OCH3 is 1. The molecule has 0 radical (unpaired) electrons. The van der Waals surface area contributed by atoms with Gasteiger partial charge >= 0.3 is 12.1 Å². The Morgan fingerprint density at radius 2 is 1.74 bits per heavy atom. The maximum absolute atomic E-state index is 13.0. The van der Waals surface area contributed by atoms with Crippen LogP contribution in [-0.4, -0.2) is 66.4 Å². The second-order valence-corrected chi connectivity index (χ2v) is 8.11. The third-order valence-corrected chi connectivity index (χ3v) is 6.00. The molecule has 0 aromatic heterocycles. The summed E-state index contributed by atoms with van der Waals surface area (Å²) in [6, 6.07) is 13.3. The molecule has 3 N–H and O–H groups in total. The van der Waals surface area contributed by atoms with E-state index >= 15 is 0 Å². The molecular formula is C24H25N3O7. The molecule has 1 fully saturated rings. The van der Waals surface area contributed by atoms with Crippen LogP contribution in [0.15, 0.2) is 48.5 Å². The number of amides is 3. The van der Waals surface area contributed by atoms with Crippen molar-refractivity contribution in [2.75, 3.05) is 20.3 Å². The van der Waals surface area contributed by atoms with Crippen LogP contribution in [0.5, 0.6) is 0 Å². The number of hydrogen-bond acceptors (Lipinski definition) is 6. The maximum atomic E-state index is 13.0. The molecule has 1 aliphatic heterocycles. The molecule has 0 spiro atoms. The molecule has 2 aromatic rings. The highest BCUT2D eigenvalue weighted by atomic mass is 16.5. The number of nitrogens with zero attached hydrogens (tertiary/aromatic N) is 1. The van der Waals surface area contributed by atoms with Crippen molar-refractivity contribution >= 4 is 23.9 Å². The van der Waals surface area contributed by atoms with Crippen LogP contribution in [0.1, 0.15) is 29.9 Å². The number of carboxylic acid groups (broad SMARTS) is 1. The zero-order valence-electron chi connectivity index (χ0n) is 18.5. The number of aliphatic carboxylic acids is 1. The van der Waals surface area contributed by atoms with Crippen molar-refractivity contribution in [1.29, 1.82) is 0 Å². The Labute approximate surface area is 195 Å². The van der Waals surface area contributed by atoms with E-state index in [1.54, 1.807) is 0 Å². The summed E-state index contributed by atoms with van der Waals surface area (Å²) in [5, 5.41) is 12.6. The highest BCUT2D eigenvalue weighted by Gasteiger charge is 2.42. The summed E-state index contributed by atoms with van der Waals surface area (Å²) in [4.78, 5) is 48.7. The molecule has 2 aromatic carbocycles. The Hall–Kier alpha value is -3.92. The summed E-state index contributed by atoms with van der Waals surface area (Å²) in [5.41, 5.74) is 6.52. The van der Waals surface area contributed by atoms with Crippen LogP contribution < -0.4 is 10.7 Å². The van der Waals surface area contributed by atoms with E-state index in [0.29, 0.717) is 0 Å². The number of carboxylic acids is 1. The number of rotatable bonds is 8. The summed E-state index contributed by atoms with van der Waals surface area (Å²) >= 11 is 0. The highest BCUT2D eigenvalue weighted by molar-refractivity contribution is 5.96. The van der Waals surface area contributed by atoms with Gasteiger partial charge in [-0.15, -0.1) is 0 Å². The van der Waals surface area contributed by atoms with Crippen molar-refractivity contribution in [2.45, 2.75) is 30.8 Å². The van der Waals surface area contributed by atoms with Crippen molar-refractivity contribution in [2.24, 2.45) is 0 Å². The Morgan fingerprint density at radius 3 is 2.32 bits per heavy atom. The van der Waals surface area contributed by atoms with Gasteiger partial charge in [0.2, 0.25) is 5.91 Å². The summed E-state index contributed by atoms with van der Waals surface area (Å²) in [7, 11) is 1.44. The Kier molecular flexibility index (Phi) is 6.78. The first kappa shape index (κ1) is 23.2. The van der Waals surface area contributed by atoms with Gasteiger partial charge in [-0.3, -0.25) is 15.0 Å². The molecule has 2 aliphatic rings. The van der Waals surface area contributed by atoms with Gasteiger partial charge in [-0.2, -0.15) is 0 Å². The van der Waals surface area contributed by atoms with Crippen LogP contribution in [0.3, 0.4) is 0 Å². The van der Waals surface area contributed by atoms with E-state index in [9.17, 15) is 24.3 Å². The predicted octanol–water partition coefficient (Wildman–Crippen LogP) is 1.65. The van der Waals surface area contributed by atoms with Crippen molar-refractivity contribution in [3.63, 3.8) is 0 Å². The zero-order chi connectivity index (χ0) is 24.2.